The number of hydrogen-bond donors (Lipinski definition) is 2. The zero-order valence-corrected chi connectivity index (χ0v) is 11.2. The number of hydrogen-bond acceptors (Lipinski definition) is 3. The van der Waals surface area contributed by atoms with Crippen molar-refractivity contribution in [1.82, 2.24) is 15.5 Å². The summed E-state index contributed by atoms with van der Waals surface area (Å²) >= 11 is 0. The van der Waals surface area contributed by atoms with Gasteiger partial charge in [0.25, 0.3) is 0 Å². The van der Waals surface area contributed by atoms with Crippen LogP contribution < -0.4 is 10.6 Å². The van der Waals surface area contributed by atoms with E-state index in [0.717, 1.165) is 32.5 Å². The molecule has 0 aromatic heterocycles. The van der Waals surface area contributed by atoms with Crippen molar-refractivity contribution >= 4 is 5.91 Å². The highest BCUT2D eigenvalue weighted by molar-refractivity contribution is 5.79. The largest absolute Gasteiger partial charge is 0.353 e. The number of carbonyl (C=O) groups is 1. The maximum Gasteiger partial charge on any atom is 0.224 e. The third kappa shape index (κ3) is 2.99. The summed E-state index contributed by atoms with van der Waals surface area (Å²) < 4.78 is 0. The summed E-state index contributed by atoms with van der Waals surface area (Å²) in [6.45, 7) is 7.29. The lowest BCUT2D eigenvalue weighted by Gasteiger charge is -2.35. The normalized spacial score (nSPS) is 39.2. The highest BCUT2D eigenvalue weighted by Gasteiger charge is 2.32. The minimum absolute atomic E-state index is 0.171. The summed E-state index contributed by atoms with van der Waals surface area (Å²) in [5.74, 6) is 0.896. The summed E-state index contributed by atoms with van der Waals surface area (Å²) in [5, 5.41) is 6.52. The van der Waals surface area contributed by atoms with Crippen LogP contribution in [-0.2, 0) is 4.79 Å². The van der Waals surface area contributed by atoms with Crippen LogP contribution in [0, 0.1) is 11.8 Å². The fraction of sp³-hybridized carbons (Fsp3) is 0.923. The van der Waals surface area contributed by atoms with Crippen molar-refractivity contribution in [2.45, 2.75) is 38.8 Å². The van der Waals surface area contributed by atoms with E-state index < -0.39 is 0 Å². The van der Waals surface area contributed by atoms with Crippen molar-refractivity contribution in [2.75, 3.05) is 26.7 Å². The van der Waals surface area contributed by atoms with Crippen molar-refractivity contribution in [3.63, 3.8) is 0 Å². The topological polar surface area (TPSA) is 44.4 Å². The van der Waals surface area contributed by atoms with Crippen LogP contribution in [0.4, 0.5) is 0 Å². The van der Waals surface area contributed by atoms with E-state index in [-0.39, 0.29) is 11.8 Å². The van der Waals surface area contributed by atoms with Gasteiger partial charge in [0.05, 0.1) is 5.92 Å². The van der Waals surface area contributed by atoms with Gasteiger partial charge in [0.1, 0.15) is 0 Å². The van der Waals surface area contributed by atoms with E-state index in [1.54, 1.807) is 0 Å². The Kier molecular flexibility index (Phi) is 4.05. The number of likely N-dealkylation sites (tertiary alicyclic amines) is 1. The van der Waals surface area contributed by atoms with Gasteiger partial charge in [-0.05, 0) is 39.3 Å². The molecular weight excluding hydrogens is 214 g/mol. The Balaban J connectivity index is 1.82. The molecule has 2 saturated heterocycles. The number of carbonyl (C=O) groups excluding carboxylic acids is 1. The molecular formula is C13H25N3O. The van der Waals surface area contributed by atoms with Crippen molar-refractivity contribution in [3.05, 3.63) is 0 Å². The summed E-state index contributed by atoms with van der Waals surface area (Å²) in [7, 11) is 2.16. The molecule has 4 nitrogen and oxygen atoms in total. The van der Waals surface area contributed by atoms with E-state index >= 15 is 0 Å². The second kappa shape index (κ2) is 5.36. The molecule has 4 heteroatoms. The summed E-state index contributed by atoms with van der Waals surface area (Å²) in [6, 6.07) is 0.953. The second-order valence-electron chi connectivity index (χ2n) is 5.80. The first-order valence-corrected chi connectivity index (χ1v) is 6.79. The highest BCUT2D eigenvalue weighted by Crippen LogP contribution is 2.19. The summed E-state index contributed by atoms with van der Waals surface area (Å²) in [4.78, 5) is 14.5. The highest BCUT2D eigenvalue weighted by atomic mass is 16.2. The SMILES string of the molecule is CC1CC(NC(=O)[C@@H]2CNC[C@H]2C)CCN1C. The Morgan fingerprint density at radius 1 is 1.35 bits per heavy atom. The molecule has 0 saturated carbocycles. The minimum Gasteiger partial charge on any atom is -0.353 e. The molecule has 0 bridgehead atoms. The monoisotopic (exact) mass is 239 g/mol. The number of piperidine rings is 1. The fourth-order valence-electron chi connectivity index (χ4n) is 2.89. The molecule has 2 fully saturated rings. The third-order valence-corrected chi connectivity index (χ3v) is 4.41. The number of rotatable bonds is 2. The molecule has 0 spiro atoms. The van der Waals surface area contributed by atoms with Gasteiger partial charge >= 0.3 is 0 Å². The van der Waals surface area contributed by atoms with Crippen LogP contribution in [0.25, 0.3) is 0 Å². The van der Waals surface area contributed by atoms with Crippen molar-refractivity contribution in [2.24, 2.45) is 11.8 Å². The molecule has 0 radical (unpaired) electrons. The van der Waals surface area contributed by atoms with Gasteiger partial charge in [0, 0.05) is 25.2 Å². The molecule has 2 unspecified atom stereocenters. The Labute approximate surface area is 104 Å². The quantitative estimate of drug-likeness (QED) is 0.735. The van der Waals surface area contributed by atoms with Gasteiger partial charge in [0.15, 0.2) is 0 Å². The van der Waals surface area contributed by atoms with Crippen molar-refractivity contribution in [1.29, 1.82) is 0 Å². The van der Waals surface area contributed by atoms with Crippen LogP contribution in [0.5, 0.6) is 0 Å². The van der Waals surface area contributed by atoms with E-state index in [1.165, 1.54) is 0 Å². The predicted molar refractivity (Wildman–Crippen MR) is 68.8 cm³/mol. The Hall–Kier alpha value is -0.610. The first-order valence-electron chi connectivity index (χ1n) is 6.79. The molecule has 4 atom stereocenters. The molecule has 2 rings (SSSR count). The molecule has 2 aliphatic rings. The van der Waals surface area contributed by atoms with Gasteiger partial charge in [-0.15, -0.1) is 0 Å². The lowest BCUT2D eigenvalue weighted by molar-refractivity contribution is -0.126. The van der Waals surface area contributed by atoms with E-state index in [2.05, 4.69) is 36.4 Å². The zero-order chi connectivity index (χ0) is 12.4. The van der Waals surface area contributed by atoms with Crippen LogP contribution in [0.1, 0.15) is 26.7 Å². The van der Waals surface area contributed by atoms with Gasteiger partial charge in [-0.2, -0.15) is 0 Å². The van der Waals surface area contributed by atoms with Crippen molar-refractivity contribution in [3.8, 4) is 0 Å². The first-order chi connectivity index (χ1) is 8.08. The average Bonchev–Trinajstić information content (AvgIpc) is 2.70. The molecule has 2 aliphatic heterocycles. The molecule has 98 valence electrons. The Bertz CT molecular complexity index is 282. The summed E-state index contributed by atoms with van der Waals surface area (Å²) in [6.07, 6.45) is 2.16. The average molecular weight is 239 g/mol. The Morgan fingerprint density at radius 2 is 2.12 bits per heavy atom. The Morgan fingerprint density at radius 3 is 2.71 bits per heavy atom. The number of nitrogens with one attached hydrogen (secondary N) is 2. The fourth-order valence-corrected chi connectivity index (χ4v) is 2.89. The molecule has 1 amide bonds. The van der Waals surface area contributed by atoms with Gasteiger partial charge in [-0.25, -0.2) is 0 Å². The number of nitrogens with zero attached hydrogens (tertiary/aromatic N) is 1. The van der Waals surface area contributed by atoms with Gasteiger partial charge in [-0.1, -0.05) is 6.92 Å². The molecule has 0 aromatic carbocycles. The second-order valence-corrected chi connectivity index (χ2v) is 5.80. The van der Waals surface area contributed by atoms with E-state index in [0.29, 0.717) is 18.0 Å². The molecule has 17 heavy (non-hydrogen) atoms. The molecule has 0 aliphatic carbocycles. The van der Waals surface area contributed by atoms with Crippen molar-refractivity contribution < 1.29 is 4.79 Å². The lowest BCUT2D eigenvalue weighted by Crippen LogP contribution is -2.49. The maximum atomic E-state index is 12.1. The molecule has 2 N–H and O–H groups in total. The van der Waals surface area contributed by atoms with E-state index in [1.807, 2.05) is 0 Å². The number of amides is 1. The van der Waals surface area contributed by atoms with Crippen LogP contribution in [-0.4, -0.2) is 49.6 Å². The first kappa shape index (κ1) is 12.8. The predicted octanol–water partition coefficient (Wildman–Crippen LogP) is 0.441. The van der Waals surface area contributed by atoms with Gasteiger partial charge in [-0.3, -0.25) is 4.79 Å². The van der Waals surface area contributed by atoms with E-state index in [4.69, 9.17) is 0 Å². The van der Waals surface area contributed by atoms with Gasteiger partial charge in [0.2, 0.25) is 5.91 Å². The summed E-state index contributed by atoms with van der Waals surface area (Å²) in [5.41, 5.74) is 0. The van der Waals surface area contributed by atoms with Crippen LogP contribution in [0.2, 0.25) is 0 Å². The van der Waals surface area contributed by atoms with E-state index in [9.17, 15) is 4.79 Å². The lowest BCUT2D eigenvalue weighted by atomic mass is 9.94. The smallest absolute Gasteiger partial charge is 0.224 e. The zero-order valence-electron chi connectivity index (χ0n) is 11.2. The molecule has 0 aromatic rings. The standard InChI is InChI=1S/C13H25N3O/c1-9-7-14-8-12(9)13(17)15-11-4-5-16(3)10(2)6-11/h9-12,14H,4-8H2,1-3H3,(H,15,17)/t9-,10?,11?,12-/m1/s1. The minimum atomic E-state index is 0.171. The van der Waals surface area contributed by atoms with Gasteiger partial charge < -0.3 is 15.5 Å². The third-order valence-electron chi connectivity index (χ3n) is 4.41. The maximum absolute atomic E-state index is 12.1. The molecule has 2 heterocycles. The van der Waals surface area contributed by atoms with Crippen LogP contribution >= 0.6 is 0 Å². The van der Waals surface area contributed by atoms with Crippen LogP contribution in [0.15, 0.2) is 0 Å². The van der Waals surface area contributed by atoms with Crippen LogP contribution in [0.3, 0.4) is 0 Å².